The number of carbonyl (C=O) groups is 1. The summed E-state index contributed by atoms with van der Waals surface area (Å²) in [7, 11) is 0. The second-order valence-corrected chi connectivity index (χ2v) is 3.09. The first-order valence-electron chi connectivity index (χ1n) is 4.73. The van der Waals surface area contributed by atoms with Gasteiger partial charge in [-0.15, -0.1) is 0 Å². The topological polar surface area (TPSA) is 62.2 Å². The van der Waals surface area contributed by atoms with Crippen LogP contribution in [-0.2, 0) is 4.74 Å². The van der Waals surface area contributed by atoms with Crippen molar-refractivity contribution in [3.8, 4) is 0 Å². The number of ether oxygens (including phenoxy) is 1. The molecule has 0 atom stereocenters. The van der Waals surface area contributed by atoms with Gasteiger partial charge in [0.2, 0.25) is 0 Å². The summed E-state index contributed by atoms with van der Waals surface area (Å²) in [5, 5.41) is 9.97. The Hall–Kier alpha value is -1.84. The monoisotopic (exact) mass is 206 g/mol. The number of aryl methyl sites for hydroxylation is 1. The van der Waals surface area contributed by atoms with E-state index in [9.17, 15) is 4.79 Å². The van der Waals surface area contributed by atoms with Gasteiger partial charge in [0.25, 0.3) is 0 Å². The summed E-state index contributed by atoms with van der Waals surface area (Å²) in [5.74, 6) is 0.0529. The number of nitrogens with one attached hydrogen (secondary N) is 2. The average molecular weight is 206 g/mol. The number of rotatable bonds is 2. The summed E-state index contributed by atoms with van der Waals surface area (Å²) < 4.78 is 4.67. The first-order chi connectivity index (χ1) is 7.13. The molecule has 1 amide bonds. The zero-order valence-corrected chi connectivity index (χ0v) is 8.83. The highest BCUT2D eigenvalue weighted by Gasteiger charge is 2.06. The summed E-state index contributed by atoms with van der Waals surface area (Å²) in [6.07, 6.45) is -0.594. The highest BCUT2D eigenvalue weighted by atomic mass is 16.5. The van der Waals surface area contributed by atoms with Gasteiger partial charge in [0.05, 0.1) is 6.61 Å². The third-order valence-corrected chi connectivity index (χ3v) is 1.81. The van der Waals surface area contributed by atoms with Crippen molar-refractivity contribution < 1.29 is 9.53 Å². The van der Waals surface area contributed by atoms with E-state index in [4.69, 9.17) is 5.41 Å². The summed E-state index contributed by atoms with van der Waals surface area (Å²) in [6.45, 7) is 3.95. The lowest BCUT2D eigenvalue weighted by atomic mass is 10.1. The SMILES string of the molecule is CCOC(=O)NC(=N)c1cccc(C)c1. The Kier molecular flexibility index (Phi) is 3.85. The van der Waals surface area contributed by atoms with Gasteiger partial charge in [-0.3, -0.25) is 10.7 Å². The fraction of sp³-hybridized carbons (Fsp3) is 0.273. The van der Waals surface area contributed by atoms with Crippen LogP contribution in [0.15, 0.2) is 24.3 Å². The van der Waals surface area contributed by atoms with E-state index in [0.29, 0.717) is 12.2 Å². The van der Waals surface area contributed by atoms with Crippen molar-refractivity contribution in [2.75, 3.05) is 6.61 Å². The predicted octanol–water partition coefficient (Wildman–Crippen LogP) is 2.07. The third kappa shape index (κ3) is 3.42. The molecule has 0 saturated heterocycles. The van der Waals surface area contributed by atoms with E-state index in [-0.39, 0.29) is 5.84 Å². The maximum Gasteiger partial charge on any atom is 0.412 e. The van der Waals surface area contributed by atoms with Crippen molar-refractivity contribution in [3.63, 3.8) is 0 Å². The molecule has 0 aliphatic carbocycles. The molecular formula is C11H14N2O2. The number of carbonyl (C=O) groups excluding carboxylic acids is 1. The van der Waals surface area contributed by atoms with Gasteiger partial charge in [-0.1, -0.05) is 23.8 Å². The normalized spacial score (nSPS) is 9.47. The lowest BCUT2D eigenvalue weighted by Crippen LogP contribution is -2.31. The molecule has 0 aliphatic rings. The van der Waals surface area contributed by atoms with Gasteiger partial charge in [0.15, 0.2) is 0 Å². The molecule has 2 N–H and O–H groups in total. The van der Waals surface area contributed by atoms with Crippen LogP contribution in [-0.4, -0.2) is 18.5 Å². The van der Waals surface area contributed by atoms with Gasteiger partial charge in [-0.2, -0.15) is 0 Å². The molecule has 4 nitrogen and oxygen atoms in total. The molecule has 0 aromatic heterocycles. The van der Waals surface area contributed by atoms with Crippen LogP contribution in [0.3, 0.4) is 0 Å². The second-order valence-electron chi connectivity index (χ2n) is 3.09. The molecule has 0 aliphatic heterocycles. The summed E-state index contributed by atoms with van der Waals surface area (Å²) >= 11 is 0. The number of amidine groups is 1. The highest BCUT2D eigenvalue weighted by Crippen LogP contribution is 2.03. The molecule has 0 bridgehead atoms. The highest BCUT2D eigenvalue weighted by molar-refractivity contribution is 6.04. The minimum absolute atomic E-state index is 0.0529. The van der Waals surface area contributed by atoms with Crippen molar-refractivity contribution in [1.82, 2.24) is 5.32 Å². The number of hydrogen-bond acceptors (Lipinski definition) is 3. The van der Waals surface area contributed by atoms with Gasteiger partial charge in [-0.05, 0) is 19.9 Å². The van der Waals surface area contributed by atoms with E-state index in [1.54, 1.807) is 13.0 Å². The summed E-state index contributed by atoms with van der Waals surface area (Å²) in [5.41, 5.74) is 1.71. The van der Waals surface area contributed by atoms with Crippen LogP contribution in [0.2, 0.25) is 0 Å². The molecule has 0 radical (unpaired) electrons. The van der Waals surface area contributed by atoms with Crippen LogP contribution in [0.1, 0.15) is 18.1 Å². The van der Waals surface area contributed by atoms with E-state index in [1.165, 1.54) is 0 Å². The first-order valence-corrected chi connectivity index (χ1v) is 4.73. The Balaban J connectivity index is 2.65. The molecular weight excluding hydrogens is 192 g/mol. The van der Waals surface area contributed by atoms with E-state index in [1.807, 2.05) is 25.1 Å². The van der Waals surface area contributed by atoms with Gasteiger partial charge >= 0.3 is 6.09 Å². The van der Waals surface area contributed by atoms with Crippen LogP contribution >= 0.6 is 0 Å². The van der Waals surface area contributed by atoms with Gasteiger partial charge in [0.1, 0.15) is 5.84 Å². The largest absolute Gasteiger partial charge is 0.450 e. The molecule has 0 spiro atoms. The molecule has 1 rings (SSSR count). The molecule has 0 unspecified atom stereocenters. The van der Waals surface area contributed by atoms with Crippen molar-refractivity contribution in [2.45, 2.75) is 13.8 Å². The minimum atomic E-state index is -0.594. The molecule has 15 heavy (non-hydrogen) atoms. The molecule has 4 heteroatoms. The number of hydrogen-bond donors (Lipinski definition) is 2. The minimum Gasteiger partial charge on any atom is -0.450 e. The second kappa shape index (κ2) is 5.14. The van der Waals surface area contributed by atoms with Crippen molar-refractivity contribution in [1.29, 1.82) is 5.41 Å². The average Bonchev–Trinajstić information content (AvgIpc) is 2.18. The molecule has 80 valence electrons. The number of benzene rings is 1. The van der Waals surface area contributed by atoms with Crippen LogP contribution in [0.25, 0.3) is 0 Å². The van der Waals surface area contributed by atoms with E-state index in [2.05, 4.69) is 10.1 Å². The van der Waals surface area contributed by atoms with Crippen molar-refractivity contribution >= 4 is 11.9 Å². The van der Waals surface area contributed by atoms with Gasteiger partial charge < -0.3 is 4.74 Å². The number of amides is 1. The predicted molar refractivity (Wildman–Crippen MR) is 58.2 cm³/mol. The molecule has 0 fully saturated rings. The lowest BCUT2D eigenvalue weighted by Gasteiger charge is -2.06. The van der Waals surface area contributed by atoms with Crippen molar-refractivity contribution in [2.24, 2.45) is 0 Å². The van der Waals surface area contributed by atoms with Crippen LogP contribution in [0.4, 0.5) is 4.79 Å². The first kappa shape index (κ1) is 11.2. The third-order valence-electron chi connectivity index (χ3n) is 1.81. The molecule has 1 aromatic rings. The maximum absolute atomic E-state index is 11.0. The van der Waals surface area contributed by atoms with E-state index < -0.39 is 6.09 Å². The van der Waals surface area contributed by atoms with Crippen molar-refractivity contribution in [3.05, 3.63) is 35.4 Å². The van der Waals surface area contributed by atoms with Gasteiger partial charge in [0, 0.05) is 5.56 Å². The fourth-order valence-corrected chi connectivity index (χ4v) is 1.14. The quantitative estimate of drug-likeness (QED) is 0.574. The summed E-state index contributed by atoms with van der Waals surface area (Å²) in [6, 6.07) is 7.36. The van der Waals surface area contributed by atoms with E-state index in [0.717, 1.165) is 5.56 Å². The Morgan fingerprint density at radius 1 is 1.53 bits per heavy atom. The van der Waals surface area contributed by atoms with E-state index >= 15 is 0 Å². The Morgan fingerprint density at radius 3 is 2.87 bits per heavy atom. The van der Waals surface area contributed by atoms with Crippen LogP contribution in [0, 0.1) is 12.3 Å². The van der Waals surface area contributed by atoms with Crippen LogP contribution < -0.4 is 5.32 Å². The summed E-state index contributed by atoms with van der Waals surface area (Å²) in [4.78, 5) is 11.0. The standard InChI is InChI=1S/C11H14N2O2/c1-3-15-11(14)13-10(12)9-6-4-5-8(2)7-9/h4-7H,3H2,1-2H3,(H2,12,13,14). The fourth-order valence-electron chi connectivity index (χ4n) is 1.14. The Labute approximate surface area is 88.8 Å². The zero-order chi connectivity index (χ0) is 11.3. The zero-order valence-electron chi connectivity index (χ0n) is 8.83. The smallest absolute Gasteiger partial charge is 0.412 e. The molecule has 1 aromatic carbocycles. The van der Waals surface area contributed by atoms with Crippen LogP contribution in [0.5, 0.6) is 0 Å². The number of alkyl carbamates (subject to hydrolysis) is 1. The molecule has 0 heterocycles. The Morgan fingerprint density at radius 2 is 2.27 bits per heavy atom. The van der Waals surface area contributed by atoms with Gasteiger partial charge in [-0.25, -0.2) is 4.79 Å². The Bertz CT molecular complexity index is 375. The molecule has 0 saturated carbocycles. The maximum atomic E-state index is 11.0. The lowest BCUT2D eigenvalue weighted by molar-refractivity contribution is 0.158.